The maximum atomic E-state index is 6.68. The fourth-order valence-corrected chi connectivity index (χ4v) is 5.03. The van der Waals surface area contributed by atoms with Crippen molar-refractivity contribution in [2.75, 3.05) is 0 Å². The first kappa shape index (κ1) is 43.8. The van der Waals surface area contributed by atoms with Gasteiger partial charge in [0.25, 0.3) is 0 Å². The molecule has 51 heavy (non-hydrogen) atoms. The Balaban J connectivity index is 0.000000723. The standard InChI is InChI=1S/C36H32ClN3.2C4H11Si.Fe/c1-4-26-20-12-15-25(3)33(26)39-35(28-16-8-6-9-17-28)31-23-14-24-32(38-31)36(29-18-10-7-11-19-29)40-34-27(5-2)21-13-22-30(34)37;2*1-5(2,3)4;/h6-24H,4-5H2,1-3H3;2*1H2,2-4H3;/q;2*-1;+2. The van der Waals surface area contributed by atoms with E-state index in [0.29, 0.717) is 5.02 Å². The molecule has 0 unspecified atom stereocenters. The molecule has 0 aliphatic heterocycles. The number of aliphatic imine (C=N–C) groups is 2. The predicted molar refractivity (Wildman–Crippen MR) is 227 cm³/mol. The largest absolute Gasteiger partial charge is 2.00 e. The Hall–Kier alpha value is -3.39. The van der Waals surface area contributed by atoms with Crippen molar-refractivity contribution in [3.8, 4) is 0 Å². The van der Waals surface area contributed by atoms with Gasteiger partial charge in [-0.05, 0) is 54.7 Å². The van der Waals surface area contributed by atoms with Crippen LogP contribution in [0.1, 0.15) is 53.1 Å². The third kappa shape index (κ3) is 15.0. The molecule has 5 aromatic rings. The third-order valence-corrected chi connectivity index (χ3v) is 7.23. The second-order valence-corrected chi connectivity index (χ2v) is 25.4. The van der Waals surface area contributed by atoms with Crippen molar-refractivity contribution >= 4 is 50.5 Å². The van der Waals surface area contributed by atoms with Crippen molar-refractivity contribution in [2.24, 2.45) is 9.98 Å². The van der Waals surface area contributed by atoms with Crippen LogP contribution in [0.5, 0.6) is 0 Å². The van der Waals surface area contributed by atoms with Gasteiger partial charge in [-0.2, -0.15) is 0 Å². The van der Waals surface area contributed by atoms with Crippen molar-refractivity contribution in [3.63, 3.8) is 0 Å². The maximum Gasteiger partial charge on any atom is 2.00 e. The van der Waals surface area contributed by atoms with Crippen molar-refractivity contribution in [1.29, 1.82) is 0 Å². The minimum atomic E-state index is -0.861. The van der Waals surface area contributed by atoms with Gasteiger partial charge in [-0.1, -0.05) is 162 Å². The molecule has 0 radical (unpaired) electrons. The van der Waals surface area contributed by atoms with Gasteiger partial charge in [-0.25, -0.2) is 15.0 Å². The van der Waals surface area contributed by atoms with Gasteiger partial charge in [0.2, 0.25) is 0 Å². The quantitative estimate of drug-likeness (QED) is 0.0879. The number of benzene rings is 4. The summed E-state index contributed by atoms with van der Waals surface area (Å²) in [5.74, 6) is 0. The molecule has 0 amide bonds. The van der Waals surface area contributed by atoms with Crippen LogP contribution in [0.3, 0.4) is 0 Å². The van der Waals surface area contributed by atoms with E-state index in [1.54, 1.807) is 0 Å². The average Bonchev–Trinajstić information content (AvgIpc) is 3.06. The molecule has 0 spiro atoms. The predicted octanol–water partition coefficient (Wildman–Crippen LogP) is 12.9. The van der Waals surface area contributed by atoms with E-state index in [9.17, 15) is 0 Å². The number of para-hydroxylation sites is 2. The third-order valence-electron chi connectivity index (χ3n) is 6.93. The summed E-state index contributed by atoms with van der Waals surface area (Å²) in [6, 6.07) is 38.8. The number of aromatic nitrogens is 1. The second-order valence-electron chi connectivity index (χ2n) is 14.7. The first-order chi connectivity index (χ1) is 23.6. The Morgan fingerprint density at radius 3 is 1.37 bits per heavy atom. The summed E-state index contributed by atoms with van der Waals surface area (Å²) in [6.45, 7) is 27.5. The van der Waals surface area contributed by atoms with Gasteiger partial charge in [-0.15, -0.1) is 16.1 Å². The summed E-state index contributed by atoms with van der Waals surface area (Å²) in [5.41, 5.74) is 10.3. The summed E-state index contributed by atoms with van der Waals surface area (Å²) in [6.07, 6.45) is 1.73. The van der Waals surface area contributed by atoms with Crippen LogP contribution in [-0.4, -0.2) is 32.6 Å². The zero-order valence-electron chi connectivity index (χ0n) is 31.9. The molecule has 0 aliphatic rings. The molecule has 268 valence electrons. The van der Waals surface area contributed by atoms with Gasteiger partial charge in [0.1, 0.15) is 0 Å². The van der Waals surface area contributed by atoms with E-state index < -0.39 is 16.1 Å². The monoisotopic (exact) mass is 771 g/mol. The maximum absolute atomic E-state index is 6.68. The molecule has 0 atom stereocenters. The van der Waals surface area contributed by atoms with Gasteiger partial charge in [0.05, 0.1) is 39.2 Å². The van der Waals surface area contributed by atoms with Crippen LogP contribution in [0.15, 0.2) is 125 Å². The molecule has 0 aliphatic carbocycles. The first-order valence-electron chi connectivity index (χ1n) is 17.4. The minimum Gasteiger partial charge on any atom is -0.342 e. The van der Waals surface area contributed by atoms with Gasteiger partial charge < -0.3 is 13.1 Å². The Morgan fingerprint density at radius 2 is 0.941 bits per heavy atom. The van der Waals surface area contributed by atoms with Crippen LogP contribution in [0.25, 0.3) is 0 Å². The van der Waals surface area contributed by atoms with Crippen molar-refractivity contribution < 1.29 is 17.1 Å². The average molecular weight is 772 g/mol. The minimum absolute atomic E-state index is 0. The number of nitrogens with zero attached hydrogens (tertiary/aromatic N) is 3. The van der Waals surface area contributed by atoms with Gasteiger partial charge in [0, 0.05) is 11.1 Å². The zero-order chi connectivity index (χ0) is 36.9. The SMILES string of the molecule is CCc1cccc(C)c1N=C(c1ccccc1)c1cccc(C(=Nc2c(Cl)cccc2CC)c2ccccc2)n1.[CH2-][Si](C)(C)C.[CH2-][Si](C)(C)C.[Fe+2]. The molecule has 1 heterocycles. The Kier molecular flexibility index (Phi) is 17.7. The molecular weight excluding hydrogens is 718 g/mol. The number of aryl methyl sites for hydroxylation is 3. The molecule has 7 heteroatoms. The molecule has 0 N–H and O–H groups in total. The summed E-state index contributed by atoms with van der Waals surface area (Å²) < 4.78 is 0. The molecule has 0 saturated carbocycles. The van der Waals surface area contributed by atoms with E-state index in [1.807, 2.05) is 66.7 Å². The van der Waals surface area contributed by atoms with Crippen molar-refractivity contribution in [3.05, 3.63) is 173 Å². The number of pyridine rings is 1. The Labute approximate surface area is 326 Å². The van der Waals surface area contributed by atoms with Crippen LogP contribution >= 0.6 is 11.6 Å². The first-order valence-corrected chi connectivity index (χ1v) is 25.2. The van der Waals surface area contributed by atoms with E-state index in [-0.39, 0.29) is 17.1 Å². The van der Waals surface area contributed by atoms with Crippen LogP contribution in [0.2, 0.25) is 44.3 Å². The van der Waals surface area contributed by atoms with Gasteiger partial charge in [0.15, 0.2) is 0 Å². The number of hydrogen-bond donors (Lipinski definition) is 0. The van der Waals surface area contributed by atoms with Crippen LogP contribution in [0, 0.1) is 20.0 Å². The van der Waals surface area contributed by atoms with Crippen molar-refractivity contribution in [1.82, 2.24) is 4.98 Å². The Bertz CT molecular complexity index is 1730. The van der Waals surface area contributed by atoms with E-state index in [2.05, 4.69) is 122 Å². The zero-order valence-corrected chi connectivity index (χ0v) is 35.7. The van der Waals surface area contributed by atoms with Gasteiger partial charge >= 0.3 is 17.1 Å². The molecule has 0 saturated heterocycles. The summed E-state index contributed by atoms with van der Waals surface area (Å²) in [5, 5.41) is 0.627. The van der Waals surface area contributed by atoms with Crippen molar-refractivity contribution in [2.45, 2.75) is 72.9 Å². The topological polar surface area (TPSA) is 37.6 Å². The number of halogens is 1. The van der Waals surface area contributed by atoms with E-state index in [4.69, 9.17) is 26.6 Å². The van der Waals surface area contributed by atoms with E-state index in [0.717, 1.165) is 69.3 Å². The molecular formula is C44H54ClFeN3Si2. The van der Waals surface area contributed by atoms with E-state index >= 15 is 0 Å². The number of hydrogen-bond acceptors (Lipinski definition) is 3. The molecule has 0 fully saturated rings. The molecule has 3 nitrogen and oxygen atoms in total. The molecule has 5 rings (SSSR count). The normalized spacial score (nSPS) is 11.8. The van der Waals surface area contributed by atoms with Gasteiger partial charge in [-0.3, -0.25) is 0 Å². The second kappa shape index (κ2) is 20.6. The van der Waals surface area contributed by atoms with Crippen LogP contribution < -0.4 is 0 Å². The number of rotatable bonds is 8. The van der Waals surface area contributed by atoms with Crippen LogP contribution in [0.4, 0.5) is 11.4 Å². The van der Waals surface area contributed by atoms with Crippen LogP contribution in [-0.2, 0) is 29.9 Å². The summed E-state index contributed by atoms with van der Waals surface area (Å²) >= 11 is 6.68. The molecule has 4 aromatic carbocycles. The summed E-state index contributed by atoms with van der Waals surface area (Å²) in [4.78, 5) is 15.6. The Morgan fingerprint density at radius 1 is 0.569 bits per heavy atom. The fraction of sp³-hybridized carbons (Fsp3) is 0.250. The fourth-order valence-electron chi connectivity index (χ4n) is 4.79. The summed E-state index contributed by atoms with van der Waals surface area (Å²) in [7, 11) is -1.72. The molecule has 0 bridgehead atoms. The molecule has 1 aromatic heterocycles. The van der Waals surface area contributed by atoms with E-state index in [1.165, 1.54) is 5.56 Å². The smallest absolute Gasteiger partial charge is 0.342 e.